The third-order valence-electron chi connectivity index (χ3n) is 2.06. The van der Waals surface area contributed by atoms with Gasteiger partial charge in [-0.1, -0.05) is 18.2 Å². The van der Waals surface area contributed by atoms with Crippen LogP contribution in [0.4, 0.5) is 0 Å². The molecule has 0 aromatic carbocycles. The van der Waals surface area contributed by atoms with Gasteiger partial charge in [-0.15, -0.1) is 0 Å². The van der Waals surface area contributed by atoms with Gasteiger partial charge in [-0.05, 0) is 22.9 Å². The molecule has 90 valence electrons. The van der Waals surface area contributed by atoms with E-state index in [0.717, 1.165) is 26.1 Å². The molecule has 0 N–H and O–H groups in total. The molecular weight excluding hydrogens is 293 g/mol. The molecule has 16 heavy (non-hydrogen) atoms. The monoisotopic (exact) mass is 307 g/mol. The van der Waals surface area contributed by atoms with Crippen molar-refractivity contribution in [1.82, 2.24) is 0 Å². The van der Waals surface area contributed by atoms with Crippen LogP contribution in [0.1, 0.15) is 19.8 Å². The number of nitrogens with zero attached hydrogens (tertiary/aromatic N) is 1. The molecule has 3 nitrogen and oxygen atoms in total. The Bertz CT molecular complexity index is 305. The van der Waals surface area contributed by atoms with Crippen molar-refractivity contribution < 1.29 is 9.47 Å². The van der Waals surface area contributed by atoms with Gasteiger partial charge in [0.05, 0.1) is 18.2 Å². The Kier molecular flexibility index (Phi) is 6.09. The van der Waals surface area contributed by atoms with Crippen molar-refractivity contribution in [2.24, 2.45) is 4.99 Å². The van der Waals surface area contributed by atoms with Gasteiger partial charge < -0.3 is 9.47 Å². The normalized spacial score (nSPS) is 19.7. The molecule has 1 heterocycles. The van der Waals surface area contributed by atoms with E-state index in [0.29, 0.717) is 15.4 Å². The third kappa shape index (κ3) is 5.14. The molecule has 0 amide bonds. The summed E-state index contributed by atoms with van der Waals surface area (Å²) in [5.41, 5.74) is 0. The van der Waals surface area contributed by atoms with Crippen LogP contribution in [0.25, 0.3) is 0 Å². The van der Waals surface area contributed by atoms with Crippen LogP contribution in [0.15, 0.2) is 27.0 Å². The van der Waals surface area contributed by atoms with Gasteiger partial charge in [0.2, 0.25) is 5.88 Å². The van der Waals surface area contributed by atoms with E-state index < -0.39 is 0 Å². The van der Waals surface area contributed by atoms with Crippen molar-refractivity contribution in [2.45, 2.75) is 25.9 Å². The van der Waals surface area contributed by atoms with Crippen molar-refractivity contribution in [3.05, 3.63) is 22.0 Å². The van der Waals surface area contributed by atoms with Crippen LogP contribution in [0, 0.1) is 0 Å². The summed E-state index contributed by atoms with van der Waals surface area (Å²) < 4.78 is 11.6. The van der Waals surface area contributed by atoms with Crippen molar-refractivity contribution in [3.63, 3.8) is 0 Å². The Morgan fingerprint density at radius 2 is 2.19 bits per heavy atom. The van der Waals surface area contributed by atoms with Crippen molar-refractivity contribution >= 4 is 33.7 Å². The molecule has 0 spiro atoms. The predicted molar refractivity (Wildman–Crippen MR) is 70.0 cm³/mol. The van der Waals surface area contributed by atoms with E-state index in [9.17, 15) is 0 Å². The summed E-state index contributed by atoms with van der Waals surface area (Å²) in [4.78, 5) is 4.13. The lowest BCUT2D eigenvalue weighted by molar-refractivity contribution is -0.00467. The molecule has 1 aliphatic heterocycles. The molecule has 1 saturated heterocycles. The maximum Gasteiger partial charge on any atom is 0.228 e. The fraction of sp³-hybridized carbons (Fsp3) is 0.545. The summed E-state index contributed by atoms with van der Waals surface area (Å²) in [5.74, 6) is 0.453. The fourth-order valence-corrected chi connectivity index (χ4v) is 1.48. The Labute approximate surface area is 109 Å². The van der Waals surface area contributed by atoms with Gasteiger partial charge in [-0.2, -0.15) is 0 Å². The topological polar surface area (TPSA) is 30.8 Å². The molecule has 1 rings (SSSR count). The molecule has 0 aromatic rings. The largest absolute Gasteiger partial charge is 0.473 e. The van der Waals surface area contributed by atoms with Crippen LogP contribution >= 0.6 is 27.5 Å². The van der Waals surface area contributed by atoms with Crippen molar-refractivity contribution in [2.75, 3.05) is 13.2 Å². The zero-order valence-corrected chi connectivity index (χ0v) is 11.6. The zero-order chi connectivity index (χ0) is 12.0. The van der Waals surface area contributed by atoms with Crippen LogP contribution in [0.5, 0.6) is 0 Å². The highest BCUT2D eigenvalue weighted by molar-refractivity contribution is 9.12. The maximum atomic E-state index is 5.91. The minimum Gasteiger partial charge on any atom is -0.473 e. The predicted octanol–water partition coefficient (Wildman–Crippen LogP) is 3.59. The first-order valence-corrected chi connectivity index (χ1v) is 6.26. The SMILES string of the molecule is C=C(Br)C=N/C(OC1CCOCC1)=C(\C)Cl. The van der Waals surface area contributed by atoms with Gasteiger partial charge in [0.15, 0.2) is 0 Å². The second-order valence-corrected chi connectivity index (χ2v) is 5.06. The third-order valence-corrected chi connectivity index (χ3v) is 2.43. The first kappa shape index (κ1) is 13.7. The molecular formula is C11H15BrClNO2. The van der Waals surface area contributed by atoms with E-state index in [2.05, 4.69) is 27.5 Å². The van der Waals surface area contributed by atoms with Gasteiger partial charge in [-0.25, -0.2) is 4.99 Å². The Morgan fingerprint density at radius 1 is 1.56 bits per heavy atom. The lowest BCUT2D eigenvalue weighted by atomic mass is 10.2. The van der Waals surface area contributed by atoms with Crippen LogP contribution in [-0.4, -0.2) is 25.5 Å². The van der Waals surface area contributed by atoms with Gasteiger partial charge in [0.25, 0.3) is 0 Å². The quantitative estimate of drug-likeness (QED) is 0.587. The van der Waals surface area contributed by atoms with Crippen LogP contribution < -0.4 is 0 Å². The Balaban J connectivity index is 2.58. The Morgan fingerprint density at radius 3 is 2.69 bits per heavy atom. The summed E-state index contributed by atoms with van der Waals surface area (Å²) in [6.07, 6.45) is 3.45. The summed E-state index contributed by atoms with van der Waals surface area (Å²) >= 11 is 9.10. The van der Waals surface area contributed by atoms with E-state index in [-0.39, 0.29) is 6.10 Å². The van der Waals surface area contributed by atoms with Gasteiger partial charge in [0, 0.05) is 23.5 Å². The van der Waals surface area contributed by atoms with E-state index in [1.165, 1.54) is 0 Å². The summed E-state index contributed by atoms with van der Waals surface area (Å²) in [5, 5.41) is 0.538. The van der Waals surface area contributed by atoms with Crippen molar-refractivity contribution in [3.8, 4) is 0 Å². The number of allylic oxidation sites excluding steroid dienone is 2. The van der Waals surface area contributed by atoms with Crippen LogP contribution in [0.3, 0.4) is 0 Å². The standard InChI is InChI=1S/C11H15BrClNO2/c1-8(12)7-14-11(9(2)13)16-10-3-5-15-6-4-10/h7,10H,1,3-6H2,2H3/b11-9-,14-7?. The molecule has 5 heteroatoms. The first-order chi connectivity index (χ1) is 7.59. The second-order valence-electron chi connectivity index (χ2n) is 3.47. The summed E-state index contributed by atoms with van der Waals surface area (Å²) in [6, 6.07) is 0. The highest BCUT2D eigenvalue weighted by Gasteiger charge is 2.16. The molecule has 0 unspecified atom stereocenters. The van der Waals surface area contributed by atoms with Crippen LogP contribution in [-0.2, 0) is 9.47 Å². The summed E-state index contributed by atoms with van der Waals surface area (Å²) in [7, 11) is 0. The highest BCUT2D eigenvalue weighted by atomic mass is 79.9. The number of ether oxygens (including phenoxy) is 2. The number of hydrogen-bond acceptors (Lipinski definition) is 3. The molecule has 0 bridgehead atoms. The number of hydrogen-bond donors (Lipinski definition) is 0. The average Bonchev–Trinajstić information content (AvgIpc) is 2.25. The Hall–Kier alpha value is -0.320. The number of aliphatic imine (C=N–C) groups is 1. The summed E-state index contributed by atoms with van der Waals surface area (Å²) in [6.45, 7) is 6.87. The molecule has 0 saturated carbocycles. The molecule has 0 atom stereocenters. The number of rotatable bonds is 4. The van der Waals surface area contributed by atoms with Gasteiger partial charge >= 0.3 is 0 Å². The molecule has 0 aliphatic carbocycles. The molecule has 1 fully saturated rings. The van der Waals surface area contributed by atoms with E-state index in [1.54, 1.807) is 13.1 Å². The maximum absolute atomic E-state index is 5.91. The number of halogens is 2. The lowest BCUT2D eigenvalue weighted by Crippen LogP contribution is -2.23. The van der Waals surface area contributed by atoms with Gasteiger partial charge in [0.1, 0.15) is 6.10 Å². The smallest absolute Gasteiger partial charge is 0.228 e. The highest BCUT2D eigenvalue weighted by Crippen LogP contribution is 2.19. The first-order valence-electron chi connectivity index (χ1n) is 5.09. The van der Waals surface area contributed by atoms with Crippen molar-refractivity contribution in [1.29, 1.82) is 0 Å². The minimum atomic E-state index is 0.137. The van der Waals surface area contributed by atoms with E-state index in [4.69, 9.17) is 21.1 Å². The lowest BCUT2D eigenvalue weighted by Gasteiger charge is -2.23. The molecule has 0 aromatic heterocycles. The molecule has 0 radical (unpaired) electrons. The molecule has 1 aliphatic rings. The minimum absolute atomic E-state index is 0.137. The van der Waals surface area contributed by atoms with Gasteiger partial charge in [-0.3, -0.25) is 0 Å². The second kappa shape index (κ2) is 7.09. The van der Waals surface area contributed by atoms with E-state index >= 15 is 0 Å². The fourth-order valence-electron chi connectivity index (χ4n) is 1.28. The average molecular weight is 309 g/mol. The zero-order valence-electron chi connectivity index (χ0n) is 9.21. The van der Waals surface area contributed by atoms with E-state index in [1.807, 2.05) is 0 Å². The van der Waals surface area contributed by atoms with Crippen LogP contribution in [0.2, 0.25) is 0 Å².